The van der Waals surface area contributed by atoms with Crippen LogP contribution in [0.4, 0.5) is 23.2 Å². The molecule has 1 fully saturated rings. The summed E-state index contributed by atoms with van der Waals surface area (Å²) in [6.45, 7) is 0.674. The summed E-state index contributed by atoms with van der Waals surface area (Å²) in [7, 11) is 0. The largest absolute Gasteiger partial charge is 0.419 e. The van der Waals surface area contributed by atoms with Crippen molar-refractivity contribution >= 4 is 11.6 Å². The second-order valence-electron chi connectivity index (χ2n) is 4.60. The summed E-state index contributed by atoms with van der Waals surface area (Å²) in [5.41, 5.74) is 0.956. The molecular weight excluding hydrogens is 278 g/mol. The molecule has 2 rings (SSSR count). The fraction of sp³-hybridized carbons (Fsp3) is 0.417. The van der Waals surface area contributed by atoms with Crippen molar-refractivity contribution in [3.05, 3.63) is 29.6 Å². The minimum absolute atomic E-state index is 0.242. The number of halogens is 4. The number of hydrogen-bond donors (Lipinski definition) is 2. The van der Waals surface area contributed by atoms with Crippen LogP contribution in [0.1, 0.15) is 12.0 Å². The number of carbonyl (C=O) groups excluding carboxylic acids is 1. The van der Waals surface area contributed by atoms with Crippen LogP contribution in [-0.2, 0) is 11.0 Å². The van der Waals surface area contributed by atoms with Crippen LogP contribution in [0.2, 0.25) is 0 Å². The molecule has 1 aromatic carbocycles. The van der Waals surface area contributed by atoms with Crippen LogP contribution in [0.15, 0.2) is 18.2 Å². The molecule has 4 nitrogen and oxygen atoms in total. The van der Waals surface area contributed by atoms with Crippen LogP contribution in [-0.4, -0.2) is 19.0 Å². The van der Waals surface area contributed by atoms with E-state index in [4.69, 9.17) is 5.84 Å². The topological polar surface area (TPSA) is 58.4 Å². The van der Waals surface area contributed by atoms with Gasteiger partial charge in [-0.1, -0.05) is 0 Å². The van der Waals surface area contributed by atoms with E-state index in [9.17, 15) is 22.4 Å². The lowest BCUT2D eigenvalue weighted by atomic mass is 10.1. The average Bonchev–Trinajstić information content (AvgIpc) is 2.86. The number of hydrazine groups is 1. The third-order valence-corrected chi connectivity index (χ3v) is 3.32. The van der Waals surface area contributed by atoms with Crippen LogP contribution >= 0.6 is 0 Å². The fourth-order valence-corrected chi connectivity index (χ4v) is 2.25. The summed E-state index contributed by atoms with van der Waals surface area (Å²) in [6, 6.07) is 2.82. The quantitative estimate of drug-likeness (QED) is 0.377. The maximum Gasteiger partial charge on any atom is 0.419 e. The van der Waals surface area contributed by atoms with Crippen molar-refractivity contribution < 1.29 is 22.4 Å². The van der Waals surface area contributed by atoms with E-state index in [0.29, 0.717) is 13.0 Å². The molecule has 1 saturated heterocycles. The Kier molecular flexibility index (Phi) is 3.85. The van der Waals surface area contributed by atoms with Gasteiger partial charge in [-0.2, -0.15) is 13.2 Å². The number of amides is 1. The van der Waals surface area contributed by atoms with Crippen molar-refractivity contribution in [2.24, 2.45) is 11.8 Å². The molecule has 0 aliphatic carbocycles. The molecule has 1 aromatic rings. The molecule has 1 aliphatic rings. The minimum Gasteiger partial charge on any atom is -0.371 e. The molecule has 8 heteroatoms. The van der Waals surface area contributed by atoms with E-state index in [0.717, 1.165) is 12.1 Å². The van der Waals surface area contributed by atoms with Crippen molar-refractivity contribution in [3.63, 3.8) is 0 Å². The number of benzene rings is 1. The van der Waals surface area contributed by atoms with Crippen LogP contribution in [0, 0.1) is 11.7 Å². The normalized spacial score (nSPS) is 19.2. The highest BCUT2D eigenvalue weighted by Gasteiger charge is 2.35. The van der Waals surface area contributed by atoms with Crippen molar-refractivity contribution in [1.29, 1.82) is 0 Å². The molecule has 20 heavy (non-hydrogen) atoms. The average molecular weight is 291 g/mol. The summed E-state index contributed by atoms with van der Waals surface area (Å²) >= 11 is 0. The Balaban J connectivity index is 2.21. The van der Waals surface area contributed by atoms with Crippen LogP contribution in [0.3, 0.4) is 0 Å². The lowest BCUT2D eigenvalue weighted by Gasteiger charge is -2.20. The number of nitrogens with zero attached hydrogens (tertiary/aromatic N) is 1. The Hall–Kier alpha value is -1.83. The monoisotopic (exact) mass is 291 g/mol. The van der Waals surface area contributed by atoms with Gasteiger partial charge in [0.25, 0.3) is 0 Å². The Morgan fingerprint density at radius 2 is 2.10 bits per heavy atom. The predicted molar refractivity (Wildman–Crippen MR) is 64.1 cm³/mol. The lowest BCUT2D eigenvalue weighted by Crippen LogP contribution is -2.37. The molecule has 1 atom stereocenters. The molecule has 0 spiro atoms. The molecule has 1 heterocycles. The molecule has 0 aromatic heterocycles. The van der Waals surface area contributed by atoms with Gasteiger partial charge in [0, 0.05) is 18.8 Å². The summed E-state index contributed by atoms with van der Waals surface area (Å²) in [5.74, 6) is 2.98. The van der Waals surface area contributed by atoms with Crippen molar-refractivity contribution in [2.75, 3.05) is 18.0 Å². The highest BCUT2D eigenvalue weighted by molar-refractivity contribution is 5.79. The first-order chi connectivity index (χ1) is 9.32. The maximum absolute atomic E-state index is 13.2. The lowest BCUT2D eigenvalue weighted by molar-refractivity contribution is -0.140. The molecule has 0 saturated carbocycles. The van der Waals surface area contributed by atoms with Gasteiger partial charge in [-0.05, 0) is 24.6 Å². The molecule has 0 bridgehead atoms. The molecule has 1 aliphatic heterocycles. The Labute approximate surface area is 112 Å². The minimum atomic E-state index is -4.74. The van der Waals surface area contributed by atoms with Gasteiger partial charge in [0.15, 0.2) is 0 Å². The van der Waals surface area contributed by atoms with Crippen molar-refractivity contribution in [3.8, 4) is 0 Å². The van der Waals surface area contributed by atoms with Crippen molar-refractivity contribution in [2.45, 2.75) is 12.6 Å². The first-order valence-corrected chi connectivity index (χ1v) is 5.95. The van der Waals surface area contributed by atoms with Gasteiger partial charge in [-0.25, -0.2) is 10.2 Å². The van der Waals surface area contributed by atoms with E-state index >= 15 is 0 Å². The summed E-state index contributed by atoms with van der Waals surface area (Å²) < 4.78 is 51.1. The van der Waals surface area contributed by atoms with Gasteiger partial charge in [0.2, 0.25) is 5.91 Å². The zero-order valence-corrected chi connectivity index (χ0v) is 10.4. The number of anilines is 1. The van der Waals surface area contributed by atoms with E-state index in [1.807, 2.05) is 5.43 Å². The highest BCUT2D eigenvalue weighted by atomic mass is 19.4. The third kappa shape index (κ3) is 2.84. The van der Waals surface area contributed by atoms with Gasteiger partial charge in [-0.15, -0.1) is 0 Å². The number of alkyl halides is 3. The fourth-order valence-electron chi connectivity index (χ4n) is 2.25. The van der Waals surface area contributed by atoms with Crippen LogP contribution < -0.4 is 16.2 Å². The first kappa shape index (κ1) is 14.6. The van der Waals surface area contributed by atoms with Crippen LogP contribution in [0.5, 0.6) is 0 Å². The maximum atomic E-state index is 13.2. The van der Waals surface area contributed by atoms with E-state index < -0.39 is 17.6 Å². The zero-order chi connectivity index (χ0) is 14.9. The number of carbonyl (C=O) groups is 1. The van der Waals surface area contributed by atoms with Gasteiger partial charge in [0.05, 0.1) is 11.5 Å². The van der Waals surface area contributed by atoms with Gasteiger partial charge in [0.1, 0.15) is 5.82 Å². The summed E-state index contributed by atoms with van der Waals surface area (Å²) in [5, 5.41) is 0. The zero-order valence-electron chi connectivity index (χ0n) is 10.4. The number of hydrogen-bond acceptors (Lipinski definition) is 3. The molecule has 0 radical (unpaired) electrons. The third-order valence-electron chi connectivity index (χ3n) is 3.32. The van der Waals surface area contributed by atoms with E-state index in [1.165, 1.54) is 6.07 Å². The summed E-state index contributed by atoms with van der Waals surface area (Å²) in [6.07, 6.45) is -4.25. The molecule has 3 N–H and O–H groups in total. The molecule has 1 amide bonds. The Morgan fingerprint density at radius 1 is 1.40 bits per heavy atom. The van der Waals surface area contributed by atoms with E-state index in [-0.39, 0.29) is 24.1 Å². The summed E-state index contributed by atoms with van der Waals surface area (Å²) in [4.78, 5) is 13.0. The number of nitrogens with two attached hydrogens (primary N) is 1. The molecular formula is C12H13F4N3O. The predicted octanol–water partition coefficient (Wildman–Crippen LogP) is 1.66. The highest BCUT2D eigenvalue weighted by Crippen LogP contribution is 2.35. The first-order valence-electron chi connectivity index (χ1n) is 5.95. The van der Waals surface area contributed by atoms with Gasteiger partial charge >= 0.3 is 6.18 Å². The van der Waals surface area contributed by atoms with Crippen LogP contribution in [0.25, 0.3) is 0 Å². The van der Waals surface area contributed by atoms with E-state index in [1.54, 1.807) is 4.90 Å². The standard InChI is InChI=1S/C12H13F4N3O/c13-10-2-1-8(5-9(10)12(14,15)16)19-4-3-7(6-19)11(20)18-17/h1-2,5,7H,3-4,6,17H2,(H,18,20). The SMILES string of the molecule is NNC(=O)C1CCN(c2ccc(F)c(C(F)(F)F)c2)C1. The number of rotatable bonds is 2. The second kappa shape index (κ2) is 5.28. The Bertz CT molecular complexity index is 518. The molecule has 1 unspecified atom stereocenters. The van der Waals surface area contributed by atoms with Gasteiger partial charge < -0.3 is 4.90 Å². The smallest absolute Gasteiger partial charge is 0.371 e. The Morgan fingerprint density at radius 3 is 2.70 bits per heavy atom. The molecule has 110 valence electrons. The second-order valence-corrected chi connectivity index (χ2v) is 4.60. The van der Waals surface area contributed by atoms with Gasteiger partial charge in [-0.3, -0.25) is 10.2 Å². The van der Waals surface area contributed by atoms with E-state index in [2.05, 4.69) is 0 Å². The van der Waals surface area contributed by atoms with Crippen molar-refractivity contribution in [1.82, 2.24) is 5.43 Å². The number of nitrogens with one attached hydrogen (secondary N) is 1.